The molecule has 0 fully saturated rings. The number of carbonyl (C=O) groups is 1. The van der Waals surface area contributed by atoms with Crippen LogP contribution in [-0.2, 0) is 9.53 Å². The van der Waals surface area contributed by atoms with Gasteiger partial charge in [-0.15, -0.1) is 16.4 Å². The van der Waals surface area contributed by atoms with Crippen molar-refractivity contribution in [2.45, 2.75) is 6.92 Å². The van der Waals surface area contributed by atoms with Crippen LogP contribution in [0.25, 0.3) is 10.2 Å². The van der Waals surface area contributed by atoms with Gasteiger partial charge in [0.25, 0.3) is 5.69 Å². The second-order valence-electron chi connectivity index (χ2n) is 5.21. The Kier molecular flexibility index (Phi) is 5.57. The van der Waals surface area contributed by atoms with Crippen LogP contribution in [0.4, 0.5) is 11.4 Å². The fraction of sp³-hybridized carbons (Fsp3) is 0.118. The summed E-state index contributed by atoms with van der Waals surface area (Å²) in [7, 11) is 0. The summed E-state index contributed by atoms with van der Waals surface area (Å²) in [6.07, 6.45) is 0. The summed E-state index contributed by atoms with van der Waals surface area (Å²) in [6.45, 7) is 1.83. The van der Waals surface area contributed by atoms with Crippen LogP contribution in [0.5, 0.6) is 0 Å². The van der Waals surface area contributed by atoms with Crippen molar-refractivity contribution in [3.63, 3.8) is 0 Å². The molecular weight excluding hydrogens is 388 g/mol. The lowest BCUT2D eigenvalue weighted by atomic mass is 10.3. The normalized spacial score (nSPS) is 11.4. The van der Waals surface area contributed by atoms with Crippen LogP contribution in [0.3, 0.4) is 0 Å². The van der Waals surface area contributed by atoms with Crippen LogP contribution in [0.1, 0.15) is 6.92 Å². The van der Waals surface area contributed by atoms with E-state index in [9.17, 15) is 14.9 Å². The Morgan fingerprint density at radius 2 is 2.00 bits per heavy atom. The number of anilines is 1. The van der Waals surface area contributed by atoms with Crippen molar-refractivity contribution >= 4 is 57.0 Å². The molecule has 0 bridgehead atoms. The Balaban J connectivity index is 2.11. The maximum atomic E-state index is 12.5. The minimum atomic E-state index is -0.691. The van der Waals surface area contributed by atoms with E-state index in [1.165, 1.54) is 28.0 Å². The van der Waals surface area contributed by atoms with Crippen molar-refractivity contribution in [3.8, 4) is 0 Å². The highest BCUT2D eigenvalue weighted by molar-refractivity contribution is 7.73. The highest BCUT2D eigenvalue weighted by Crippen LogP contribution is 2.25. The van der Waals surface area contributed by atoms with Gasteiger partial charge in [-0.1, -0.05) is 24.3 Å². The molecule has 0 unspecified atom stereocenters. The Bertz CT molecular complexity index is 1100. The second kappa shape index (κ2) is 8.06. The van der Waals surface area contributed by atoms with E-state index in [0.717, 1.165) is 4.70 Å². The average molecular weight is 402 g/mol. The molecule has 0 saturated heterocycles. The number of nitro groups is 1. The zero-order chi connectivity index (χ0) is 19.4. The van der Waals surface area contributed by atoms with Gasteiger partial charge in [0.2, 0.25) is 5.84 Å². The number of nitrogens with one attached hydrogen (secondary N) is 1. The van der Waals surface area contributed by atoms with Gasteiger partial charge in [-0.3, -0.25) is 20.1 Å². The summed E-state index contributed by atoms with van der Waals surface area (Å²) in [4.78, 5) is 23.1. The molecule has 0 spiro atoms. The first-order valence-corrected chi connectivity index (χ1v) is 9.10. The van der Waals surface area contributed by atoms with E-state index in [1.807, 2.05) is 18.2 Å². The zero-order valence-electron chi connectivity index (χ0n) is 14.1. The lowest BCUT2D eigenvalue weighted by Gasteiger charge is -2.09. The largest absolute Gasteiger partial charge is 0.460 e. The minimum Gasteiger partial charge on any atom is -0.460 e. The van der Waals surface area contributed by atoms with Crippen molar-refractivity contribution in [2.24, 2.45) is 5.10 Å². The predicted molar refractivity (Wildman–Crippen MR) is 107 cm³/mol. The third-order valence-electron chi connectivity index (χ3n) is 3.54. The molecule has 1 heterocycles. The lowest BCUT2D eigenvalue weighted by molar-refractivity contribution is -0.384. The Morgan fingerprint density at radius 3 is 2.74 bits per heavy atom. The van der Waals surface area contributed by atoms with Crippen LogP contribution in [0.15, 0.2) is 53.6 Å². The van der Waals surface area contributed by atoms with Gasteiger partial charge in [0, 0.05) is 6.07 Å². The van der Waals surface area contributed by atoms with Crippen molar-refractivity contribution in [1.29, 1.82) is 0 Å². The van der Waals surface area contributed by atoms with E-state index >= 15 is 0 Å². The van der Waals surface area contributed by atoms with Crippen LogP contribution in [0.2, 0.25) is 0 Å². The summed E-state index contributed by atoms with van der Waals surface area (Å²) in [5.41, 5.74) is 3.28. The number of nitrogens with zero attached hydrogens (tertiary/aromatic N) is 3. The number of para-hydroxylation sites is 3. The molecule has 0 amide bonds. The van der Waals surface area contributed by atoms with Crippen LogP contribution in [-0.4, -0.2) is 27.9 Å². The second-order valence-corrected chi connectivity index (χ2v) is 6.89. The number of thiazole rings is 1. The van der Waals surface area contributed by atoms with Gasteiger partial charge >= 0.3 is 5.97 Å². The fourth-order valence-corrected chi connectivity index (χ4v) is 3.72. The minimum absolute atomic E-state index is 0.0996. The first kappa shape index (κ1) is 18.7. The number of hydrazone groups is 1. The molecular formula is C17H14N4O4S2. The third-order valence-corrected chi connectivity index (χ3v) is 4.89. The molecule has 0 saturated carbocycles. The van der Waals surface area contributed by atoms with Crippen molar-refractivity contribution in [1.82, 2.24) is 4.57 Å². The van der Waals surface area contributed by atoms with E-state index < -0.39 is 10.9 Å². The topological polar surface area (TPSA) is 98.8 Å². The average Bonchev–Trinajstić information content (AvgIpc) is 2.98. The molecule has 2 aromatic carbocycles. The predicted octanol–water partition coefficient (Wildman–Crippen LogP) is 4.18. The molecule has 0 aliphatic rings. The molecule has 3 rings (SSSR count). The van der Waals surface area contributed by atoms with Gasteiger partial charge in [0.1, 0.15) is 5.69 Å². The Hall–Kier alpha value is -3.11. The SMILES string of the molecule is CCOC(=O)/C(=N/Nc1ccccc1[N+](=O)[O-])n1c(=S)sc2ccccc21. The maximum Gasteiger partial charge on any atom is 0.376 e. The number of carbonyl (C=O) groups excluding carboxylic acids is 1. The van der Waals surface area contributed by atoms with E-state index in [0.29, 0.717) is 9.47 Å². The Morgan fingerprint density at radius 1 is 1.30 bits per heavy atom. The van der Waals surface area contributed by atoms with Crippen molar-refractivity contribution in [3.05, 3.63) is 62.6 Å². The van der Waals surface area contributed by atoms with Gasteiger partial charge in [0.05, 0.1) is 21.7 Å². The van der Waals surface area contributed by atoms with Crippen LogP contribution < -0.4 is 5.43 Å². The summed E-state index contributed by atoms with van der Waals surface area (Å²) in [5, 5.41) is 15.3. The molecule has 0 aliphatic carbocycles. The van der Waals surface area contributed by atoms with E-state index in [2.05, 4.69) is 10.5 Å². The molecule has 3 aromatic rings. The highest BCUT2D eigenvalue weighted by atomic mass is 32.1. The number of fused-ring (bicyclic) bond motifs is 1. The van der Waals surface area contributed by atoms with Gasteiger partial charge < -0.3 is 4.74 Å². The monoisotopic (exact) mass is 402 g/mol. The molecule has 1 aromatic heterocycles. The third kappa shape index (κ3) is 3.86. The summed E-state index contributed by atoms with van der Waals surface area (Å²) in [5.74, 6) is -0.791. The van der Waals surface area contributed by atoms with E-state index in [1.54, 1.807) is 25.1 Å². The number of hydrogen-bond acceptors (Lipinski definition) is 8. The van der Waals surface area contributed by atoms with E-state index in [-0.39, 0.29) is 23.8 Å². The van der Waals surface area contributed by atoms with Crippen LogP contribution >= 0.6 is 23.6 Å². The summed E-state index contributed by atoms with van der Waals surface area (Å²) >= 11 is 6.71. The van der Waals surface area contributed by atoms with Crippen molar-refractivity contribution in [2.75, 3.05) is 12.0 Å². The summed E-state index contributed by atoms with van der Waals surface area (Å²) in [6, 6.07) is 13.4. The van der Waals surface area contributed by atoms with Gasteiger partial charge in [-0.05, 0) is 37.3 Å². The standard InChI is InChI=1S/C17H14N4O4S2/c1-2-25-16(22)15(19-18-11-7-3-4-8-12(11)21(23)24)20-13-9-5-6-10-14(13)27-17(20)26/h3-10,18H,2H2,1H3/b19-15-. The zero-order valence-corrected chi connectivity index (χ0v) is 15.8. The van der Waals surface area contributed by atoms with E-state index in [4.69, 9.17) is 17.0 Å². The van der Waals surface area contributed by atoms with Crippen molar-refractivity contribution < 1.29 is 14.5 Å². The quantitative estimate of drug-likeness (QED) is 0.176. The number of hydrogen-bond donors (Lipinski definition) is 1. The molecule has 8 nitrogen and oxygen atoms in total. The Labute approximate surface area is 162 Å². The summed E-state index contributed by atoms with van der Waals surface area (Å²) < 4.78 is 7.88. The van der Waals surface area contributed by atoms with Gasteiger partial charge in [0.15, 0.2) is 3.95 Å². The molecule has 10 heteroatoms. The van der Waals surface area contributed by atoms with Gasteiger partial charge in [-0.25, -0.2) is 4.79 Å². The molecule has 0 radical (unpaired) electrons. The fourth-order valence-electron chi connectivity index (χ4n) is 2.39. The first-order chi connectivity index (χ1) is 13.0. The molecule has 138 valence electrons. The maximum absolute atomic E-state index is 12.5. The molecule has 1 N–H and O–H groups in total. The highest BCUT2D eigenvalue weighted by Gasteiger charge is 2.21. The number of benzene rings is 2. The van der Waals surface area contributed by atoms with Crippen LogP contribution in [0, 0.1) is 14.1 Å². The number of rotatable bonds is 4. The number of aromatic nitrogens is 1. The molecule has 27 heavy (non-hydrogen) atoms. The molecule has 0 aliphatic heterocycles. The van der Waals surface area contributed by atoms with Gasteiger partial charge in [-0.2, -0.15) is 0 Å². The first-order valence-electron chi connectivity index (χ1n) is 7.88. The number of nitro benzene ring substituents is 1. The number of ether oxygens (including phenoxy) is 1. The molecule has 0 atom stereocenters. The lowest BCUT2D eigenvalue weighted by Crippen LogP contribution is -2.26. The smallest absolute Gasteiger partial charge is 0.376 e. The number of esters is 1.